The number of halogens is 2. The fourth-order valence-electron chi connectivity index (χ4n) is 1.70. The van der Waals surface area contributed by atoms with Crippen LogP contribution in [0.5, 0.6) is 0 Å². The van der Waals surface area contributed by atoms with Crippen molar-refractivity contribution in [2.45, 2.75) is 12.3 Å². The van der Waals surface area contributed by atoms with Crippen LogP contribution < -0.4 is 5.32 Å². The number of benzene rings is 2. The molecule has 0 aliphatic carbocycles. The van der Waals surface area contributed by atoms with Gasteiger partial charge in [0.05, 0.1) is 0 Å². The molecule has 1 unspecified atom stereocenters. The Kier molecular flexibility index (Phi) is 4.61. The van der Waals surface area contributed by atoms with Crippen LogP contribution in [-0.4, -0.2) is 5.91 Å². The predicted molar refractivity (Wildman–Crippen MR) is 82.5 cm³/mol. The number of carbonyl (C=O) groups excluding carboxylic acids is 1. The zero-order chi connectivity index (χ0) is 13.8. The summed E-state index contributed by atoms with van der Waals surface area (Å²) in [6, 6.07) is 15.0. The molecule has 0 aliphatic heterocycles. The molecule has 2 nitrogen and oxygen atoms in total. The summed E-state index contributed by atoms with van der Waals surface area (Å²) in [5, 5.41) is 2.15. The van der Waals surface area contributed by atoms with E-state index >= 15 is 0 Å². The zero-order valence-electron chi connectivity index (χ0n) is 10.4. The Morgan fingerprint density at radius 3 is 2.58 bits per heavy atom. The molecule has 1 amide bonds. The molecule has 0 fully saturated rings. The number of alkyl halides is 1. The second-order valence-corrected chi connectivity index (χ2v) is 5.57. The third-order valence-corrected chi connectivity index (χ3v) is 3.72. The highest BCUT2D eigenvalue weighted by molar-refractivity contribution is 9.10. The molecule has 0 heterocycles. The van der Waals surface area contributed by atoms with Gasteiger partial charge in [0.25, 0.3) is 0 Å². The maximum absolute atomic E-state index is 12.1. The minimum Gasteiger partial charge on any atom is -0.324 e. The van der Waals surface area contributed by atoms with Crippen LogP contribution in [0.3, 0.4) is 0 Å². The summed E-state index contributed by atoms with van der Waals surface area (Å²) < 4.78 is 0.916. The Labute approximate surface area is 125 Å². The van der Waals surface area contributed by atoms with E-state index in [2.05, 4.69) is 21.2 Å². The van der Waals surface area contributed by atoms with Crippen LogP contribution in [0.2, 0.25) is 0 Å². The average molecular weight is 339 g/mol. The van der Waals surface area contributed by atoms with Gasteiger partial charge in [-0.05, 0) is 30.2 Å². The summed E-state index contributed by atoms with van der Waals surface area (Å²) in [5.74, 6) is -0.228. The van der Waals surface area contributed by atoms with Gasteiger partial charge in [-0.2, -0.15) is 0 Å². The number of hydrogen-bond donors (Lipinski definition) is 1. The summed E-state index contributed by atoms with van der Waals surface area (Å²) in [6.45, 7) is 1.94. The maximum Gasteiger partial charge on any atom is 0.246 e. The smallest absolute Gasteiger partial charge is 0.246 e. The van der Waals surface area contributed by atoms with Gasteiger partial charge >= 0.3 is 0 Å². The molecule has 0 aliphatic rings. The van der Waals surface area contributed by atoms with Crippen molar-refractivity contribution in [1.29, 1.82) is 0 Å². The first-order valence-electron chi connectivity index (χ1n) is 5.84. The van der Waals surface area contributed by atoms with Crippen LogP contribution in [0, 0.1) is 6.92 Å². The van der Waals surface area contributed by atoms with E-state index in [1.165, 1.54) is 0 Å². The van der Waals surface area contributed by atoms with E-state index in [0.29, 0.717) is 0 Å². The molecule has 2 aromatic rings. The molecule has 98 valence electrons. The molecule has 1 N–H and O–H groups in total. The van der Waals surface area contributed by atoms with Gasteiger partial charge in [0.15, 0.2) is 0 Å². The van der Waals surface area contributed by atoms with E-state index in [-0.39, 0.29) is 5.91 Å². The van der Waals surface area contributed by atoms with Crippen molar-refractivity contribution in [2.24, 2.45) is 0 Å². The van der Waals surface area contributed by atoms with Crippen LogP contribution in [0.4, 0.5) is 5.69 Å². The second-order valence-electron chi connectivity index (χ2n) is 4.22. The minimum absolute atomic E-state index is 0.228. The molecule has 4 heteroatoms. The minimum atomic E-state index is -0.695. The van der Waals surface area contributed by atoms with Crippen LogP contribution in [-0.2, 0) is 4.79 Å². The lowest BCUT2D eigenvalue weighted by atomic mass is 10.1. The summed E-state index contributed by atoms with van der Waals surface area (Å²) in [5.41, 5.74) is 2.55. The molecular formula is C15H13BrClNO. The van der Waals surface area contributed by atoms with E-state index in [1.807, 2.05) is 55.5 Å². The average Bonchev–Trinajstić information content (AvgIpc) is 2.43. The predicted octanol–water partition coefficient (Wildman–Crippen LogP) is 4.68. The lowest BCUT2D eigenvalue weighted by molar-refractivity contribution is -0.116. The van der Waals surface area contributed by atoms with Crippen molar-refractivity contribution in [3.8, 4) is 0 Å². The highest BCUT2D eigenvalue weighted by Crippen LogP contribution is 2.25. The van der Waals surface area contributed by atoms with Crippen LogP contribution in [0.1, 0.15) is 16.5 Å². The monoisotopic (exact) mass is 337 g/mol. The van der Waals surface area contributed by atoms with E-state index in [4.69, 9.17) is 11.6 Å². The standard InChI is InChI=1S/C15H13BrClNO/c1-10-7-8-12(16)9-13(10)18-15(19)14(17)11-5-3-2-4-6-11/h2-9,14H,1H3,(H,18,19). The van der Waals surface area contributed by atoms with Crippen LogP contribution >= 0.6 is 27.5 Å². The topological polar surface area (TPSA) is 29.1 Å². The van der Waals surface area contributed by atoms with E-state index in [0.717, 1.165) is 21.3 Å². The lowest BCUT2D eigenvalue weighted by Gasteiger charge is -2.13. The Morgan fingerprint density at radius 1 is 1.21 bits per heavy atom. The fraction of sp³-hybridized carbons (Fsp3) is 0.133. The Morgan fingerprint density at radius 2 is 1.89 bits per heavy atom. The van der Waals surface area contributed by atoms with Crippen LogP contribution in [0.25, 0.3) is 0 Å². The number of carbonyl (C=O) groups is 1. The van der Waals surface area contributed by atoms with Gasteiger partial charge in [-0.3, -0.25) is 4.79 Å². The van der Waals surface area contributed by atoms with Gasteiger partial charge < -0.3 is 5.32 Å². The second kappa shape index (κ2) is 6.22. The first-order chi connectivity index (χ1) is 9.08. The van der Waals surface area contributed by atoms with E-state index in [9.17, 15) is 4.79 Å². The van der Waals surface area contributed by atoms with Gasteiger partial charge in [-0.15, -0.1) is 11.6 Å². The quantitative estimate of drug-likeness (QED) is 0.809. The molecule has 19 heavy (non-hydrogen) atoms. The zero-order valence-corrected chi connectivity index (χ0v) is 12.7. The number of anilines is 1. The molecule has 0 aromatic heterocycles. The molecule has 0 bridgehead atoms. The van der Waals surface area contributed by atoms with Crippen molar-refractivity contribution in [1.82, 2.24) is 0 Å². The SMILES string of the molecule is Cc1ccc(Br)cc1NC(=O)C(Cl)c1ccccc1. The normalized spacial score (nSPS) is 11.9. The third kappa shape index (κ3) is 3.58. The van der Waals surface area contributed by atoms with Crippen molar-refractivity contribution < 1.29 is 4.79 Å². The highest BCUT2D eigenvalue weighted by atomic mass is 79.9. The largest absolute Gasteiger partial charge is 0.324 e. The van der Waals surface area contributed by atoms with Crippen molar-refractivity contribution >= 4 is 39.1 Å². The Bertz CT molecular complexity index is 586. The number of hydrogen-bond acceptors (Lipinski definition) is 1. The van der Waals surface area contributed by atoms with Crippen molar-refractivity contribution in [2.75, 3.05) is 5.32 Å². The summed E-state index contributed by atoms with van der Waals surface area (Å²) in [6.07, 6.45) is 0. The first-order valence-corrected chi connectivity index (χ1v) is 7.07. The molecule has 0 saturated heterocycles. The Balaban J connectivity index is 2.15. The van der Waals surface area contributed by atoms with Gasteiger partial charge in [-0.1, -0.05) is 52.3 Å². The van der Waals surface area contributed by atoms with Gasteiger partial charge in [0.2, 0.25) is 5.91 Å². The van der Waals surface area contributed by atoms with Crippen LogP contribution in [0.15, 0.2) is 53.0 Å². The number of rotatable bonds is 3. The van der Waals surface area contributed by atoms with Gasteiger partial charge in [0, 0.05) is 10.2 Å². The van der Waals surface area contributed by atoms with E-state index in [1.54, 1.807) is 0 Å². The Hall–Kier alpha value is -1.32. The summed E-state index contributed by atoms with van der Waals surface area (Å²) in [7, 11) is 0. The van der Waals surface area contributed by atoms with Crippen molar-refractivity contribution in [3.63, 3.8) is 0 Å². The molecular weight excluding hydrogens is 326 g/mol. The molecule has 0 saturated carbocycles. The number of amides is 1. The fourth-order valence-corrected chi connectivity index (χ4v) is 2.26. The summed E-state index contributed by atoms with van der Waals surface area (Å²) in [4.78, 5) is 12.1. The molecule has 0 spiro atoms. The third-order valence-electron chi connectivity index (χ3n) is 2.78. The molecule has 1 atom stereocenters. The van der Waals surface area contributed by atoms with Gasteiger partial charge in [0.1, 0.15) is 5.38 Å². The summed E-state index contributed by atoms with van der Waals surface area (Å²) >= 11 is 9.56. The molecule has 2 rings (SSSR count). The lowest BCUT2D eigenvalue weighted by Crippen LogP contribution is -2.17. The molecule has 2 aromatic carbocycles. The maximum atomic E-state index is 12.1. The van der Waals surface area contributed by atoms with Crippen molar-refractivity contribution in [3.05, 3.63) is 64.1 Å². The molecule has 0 radical (unpaired) electrons. The van der Waals surface area contributed by atoms with Gasteiger partial charge in [-0.25, -0.2) is 0 Å². The first kappa shape index (κ1) is 14.1. The van der Waals surface area contributed by atoms with E-state index < -0.39 is 5.38 Å². The number of nitrogens with one attached hydrogen (secondary N) is 1. The highest BCUT2D eigenvalue weighted by Gasteiger charge is 2.17. The number of aryl methyl sites for hydroxylation is 1.